The molecule has 0 radical (unpaired) electrons. The molecule has 108 valence electrons. The monoisotopic (exact) mass is 347 g/mol. The maximum atomic E-state index is 13.3. The molecule has 0 spiro atoms. The lowest BCUT2D eigenvalue weighted by atomic mass is 10.0. The topological polar surface area (TPSA) is 39.2 Å². The summed E-state index contributed by atoms with van der Waals surface area (Å²) in [7, 11) is 0. The molecule has 0 fully saturated rings. The first-order valence-electron chi connectivity index (χ1n) is 6.74. The molecule has 0 saturated heterocycles. The quantitative estimate of drug-likeness (QED) is 0.732. The van der Waals surface area contributed by atoms with Gasteiger partial charge in [0.1, 0.15) is 17.2 Å². The lowest BCUT2D eigenvalue weighted by Gasteiger charge is -2.11. The summed E-state index contributed by atoms with van der Waals surface area (Å²) in [5.41, 5.74) is 8.99. The van der Waals surface area contributed by atoms with Crippen molar-refractivity contribution >= 4 is 26.9 Å². The molecule has 1 atom stereocenters. The van der Waals surface area contributed by atoms with Crippen LogP contribution < -0.4 is 5.73 Å². The van der Waals surface area contributed by atoms with Crippen molar-refractivity contribution in [1.29, 1.82) is 0 Å². The minimum Gasteiger partial charge on any atom is -0.459 e. The van der Waals surface area contributed by atoms with Crippen molar-refractivity contribution in [2.45, 2.75) is 19.4 Å². The molecule has 2 N–H and O–H groups in total. The normalized spacial score (nSPS) is 12.8. The smallest absolute Gasteiger partial charge is 0.134 e. The summed E-state index contributed by atoms with van der Waals surface area (Å²) >= 11 is 3.52. The van der Waals surface area contributed by atoms with E-state index in [4.69, 9.17) is 10.2 Å². The fraction of sp³-hybridized carbons (Fsp3) is 0.176. The van der Waals surface area contributed by atoms with Crippen LogP contribution in [0.5, 0.6) is 0 Å². The van der Waals surface area contributed by atoms with Crippen molar-refractivity contribution in [2.75, 3.05) is 0 Å². The van der Waals surface area contributed by atoms with E-state index in [0.717, 1.165) is 21.0 Å². The van der Waals surface area contributed by atoms with E-state index in [1.54, 1.807) is 6.07 Å². The van der Waals surface area contributed by atoms with Crippen molar-refractivity contribution in [3.05, 3.63) is 69.6 Å². The van der Waals surface area contributed by atoms with Gasteiger partial charge in [-0.15, -0.1) is 0 Å². The van der Waals surface area contributed by atoms with Crippen LogP contribution in [0.4, 0.5) is 4.39 Å². The predicted molar refractivity (Wildman–Crippen MR) is 85.7 cm³/mol. The van der Waals surface area contributed by atoms with Gasteiger partial charge < -0.3 is 10.2 Å². The summed E-state index contributed by atoms with van der Waals surface area (Å²) in [4.78, 5) is 0. The SMILES string of the molecule is Cc1c(C(N)Cc2ccccc2Br)oc2ccc(F)cc12. The number of benzene rings is 2. The Morgan fingerprint density at radius 2 is 2.00 bits per heavy atom. The Balaban J connectivity index is 1.96. The number of nitrogens with two attached hydrogens (primary N) is 1. The Kier molecular flexibility index (Phi) is 3.83. The Labute approximate surface area is 130 Å². The standard InChI is InChI=1S/C17H15BrFNO/c1-10-13-9-12(19)6-7-16(13)21-17(10)15(20)8-11-4-2-3-5-14(11)18/h2-7,9,15H,8,20H2,1H3. The molecule has 3 aromatic rings. The Morgan fingerprint density at radius 1 is 1.24 bits per heavy atom. The van der Waals surface area contributed by atoms with E-state index in [1.807, 2.05) is 31.2 Å². The van der Waals surface area contributed by atoms with Gasteiger partial charge in [0.05, 0.1) is 6.04 Å². The van der Waals surface area contributed by atoms with Gasteiger partial charge in [0.15, 0.2) is 0 Å². The van der Waals surface area contributed by atoms with Crippen LogP contribution in [0.15, 0.2) is 51.4 Å². The number of halogens is 2. The first kappa shape index (κ1) is 14.3. The zero-order chi connectivity index (χ0) is 15.0. The van der Waals surface area contributed by atoms with Crippen LogP contribution in [0.3, 0.4) is 0 Å². The highest BCUT2D eigenvalue weighted by atomic mass is 79.9. The molecule has 21 heavy (non-hydrogen) atoms. The van der Waals surface area contributed by atoms with Crippen molar-refractivity contribution in [3.63, 3.8) is 0 Å². The molecule has 0 aliphatic carbocycles. The number of hydrogen-bond donors (Lipinski definition) is 1. The van der Waals surface area contributed by atoms with Gasteiger partial charge in [-0.1, -0.05) is 34.1 Å². The van der Waals surface area contributed by atoms with Gasteiger partial charge in [-0.2, -0.15) is 0 Å². The van der Waals surface area contributed by atoms with Crippen molar-refractivity contribution in [3.8, 4) is 0 Å². The van der Waals surface area contributed by atoms with Gasteiger partial charge in [-0.05, 0) is 43.2 Å². The maximum absolute atomic E-state index is 13.3. The van der Waals surface area contributed by atoms with E-state index in [1.165, 1.54) is 12.1 Å². The molecule has 0 bridgehead atoms. The molecular formula is C17H15BrFNO. The first-order valence-corrected chi connectivity index (χ1v) is 7.53. The first-order chi connectivity index (χ1) is 10.1. The van der Waals surface area contributed by atoms with Crippen molar-refractivity contribution < 1.29 is 8.81 Å². The minimum absolute atomic E-state index is 0.265. The molecule has 0 aliphatic rings. The molecule has 0 amide bonds. The van der Waals surface area contributed by atoms with Gasteiger partial charge >= 0.3 is 0 Å². The van der Waals surface area contributed by atoms with Crippen LogP contribution in [-0.2, 0) is 6.42 Å². The fourth-order valence-electron chi connectivity index (χ4n) is 2.56. The summed E-state index contributed by atoms with van der Waals surface area (Å²) in [6.45, 7) is 1.92. The molecule has 2 aromatic carbocycles. The number of furan rings is 1. The van der Waals surface area contributed by atoms with E-state index in [-0.39, 0.29) is 11.9 Å². The van der Waals surface area contributed by atoms with Gasteiger partial charge in [-0.3, -0.25) is 0 Å². The Bertz CT molecular complexity index is 797. The van der Waals surface area contributed by atoms with E-state index < -0.39 is 0 Å². The second-order valence-corrected chi connectivity index (χ2v) is 5.99. The minimum atomic E-state index is -0.266. The van der Waals surface area contributed by atoms with Crippen LogP contribution in [0.2, 0.25) is 0 Å². The van der Waals surface area contributed by atoms with Crippen LogP contribution in [0.1, 0.15) is 22.9 Å². The average molecular weight is 348 g/mol. The number of fused-ring (bicyclic) bond motifs is 1. The third-order valence-corrected chi connectivity index (χ3v) is 4.44. The zero-order valence-electron chi connectivity index (χ0n) is 11.6. The Morgan fingerprint density at radius 3 is 2.76 bits per heavy atom. The number of aryl methyl sites for hydroxylation is 1. The van der Waals surface area contributed by atoms with E-state index >= 15 is 0 Å². The third-order valence-electron chi connectivity index (χ3n) is 3.67. The highest BCUT2D eigenvalue weighted by molar-refractivity contribution is 9.10. The fourth-order valence-corrected chi connectivity index (χ4v) is 3.01. The van der Waals surface area contributed by atoms with Crippen LogP contribution >= 0.6 is 15.9 Å². The molecule has 4 heteroatoms. The molecule has 3 rings (SSSR count). The zero-order valence-corrected chi connectivity index (χ0v) is 13.2. The summed E-state index contributed by atoms with van der Waals surface area (Å²) in [5, 5.41) is 0.785. The molecule has 1 aromatic heterocycles. The van der Waals surface area contributed by atoms with E-state index in [0.29, 0.717) is 17.8 Å². The predicted octanol–water partition coefficient (Wildman–Crippen LogP) is 4.89. The van der Waals surface area contributed by atoms with E-state index in [9.17, 15) is 4.39 Å². The summed E-state index contributed by atoms with van der Waals surface area (Å²) in [5.74, 6) is 0.448. The highest BCUT2D eigenvalue weighted by Crippen LogP contribution is 2.31. The number of hydrogen-bond acceptors (Lipinski definition) is 2. The third kappa shape index (κ3) is 2.74. The molecule has 1 unspecified atom stereocenters. The molecular weight excluding hydrogens is 333 g/mol. The molecule has 1 heterocycles. The van der Waals surface area contributed by atoms with Crippen LogP contribution in [0.25, 0.3) is 11.0 Å². The van der Waals surface area contributed by atoms with E-state index in [2.05, 4.69) is 15.9 Å². The largest absolute Gasteiger partial charge is 0.459 e. The second kappa shape index (κ2) is 5.62. The van der Waals surface area contributed by atoms with Crippen molar-refractivity contribution in [1.82, 2.24) is 0 Å². The lowest BCUT2D eigenvalue weighted by Crippen LogP contribution is -2.13. The highest BCUT2D eigenvalue weighted by Gasteiger charge is 2.18. The van der Waals surface area contributed by atoms with Gasteiger partial charge in [0, 0.05) is 15.4 Å². The second-order valence-electron chi connectivity index (χ2n) is 5.13. The summed E-state index contributed by atoms with van der Waals surface area (Å²) in [6.07, 6.45) is 0.657. The van der Waals surface area contributed by atoms with Gasteiger partial charge in [-0.25, -0.2) is 4.39 Å². The molecule has 0 aliphatic heterocycles. The number of rotatable bonds is 3. The lowest BCUT2D eigenvalue weighted by molar-refractivity contribution is 0.489. The van der Waals surface area contributed by atoms with Crippen molar-refractivity contribution in [2.24, 2.45) is 5.73 Å². The van der Waals surface area contributed by atoms with Gasteiger partial charge in [0.25, 0.3) is 0 Å². The van der Waals surface area contributed by atoms with Gasteiger partial charge in [0.2, 0.25) is 0 Å². The van der Waals surface area contributed by atoms with Crippen LogP contribution in [0, 0.1) is 12.7 Å². The Hall–Kier alpha value is -1.65. The molecule has 2 nitrogen and oxygen atoms in total. The average Bonchev–Trinajstić information content (AvgIpc) is 2.79. The van der Waals surface area contributed by atoms with Crippen LogP contribution in [-0.4, -0.2) is 0 Å². The molecule has 0 saturated carbocycles. The summed E-state index contributed by atoms with van der Waals surface area (Å²) in [6, 6.07) is 12.2. The summed E-state index contributed by atoms with van der Waals surface area (Å²) < 4.78 is 20.2. The maximum Gasteiger partial charge on any atom is 0.134 e.